The van der Waals surface area contributed by atoms with Crippen molar-refractivity contribution in [1.29, 1.82) is 0 Å². The van der Waals surface area contributed by atoms with E-state index in [-0.39, 0.29) is 0 Å². The molecule has 0 aliphatic rings. The second kappa shape index (κ2) is 4.85. The predicted octanol–water partition coefficient (Wildman–Crippen LogP) is 5.97. The Morgan fingerprint density at radius 1 is 0.688 bits per heavy atom. The smallest absolute Gasteiger partial charge is 0.0670 e. The van der Waals surface area contributed by atoms with Gasteiger partial charge in [0.15, 0.2) is 0 Å². The Kier molecular flexibility index (Phi) is 3.66. The largest absolute Gasteiger partial charge is 0.0827 e. The Morgan fingerprint density at radius 3 is 2.12 bits per heavy atom. The number of halogens is 4. The van der Waals surface area contributed by atoms with Crippen molar-refractivity contribution >= 4 is 46.4 Å². The van der Waals surface area contributed by atoms with Crippen LogP contribution >= 0.6 is 46.4 Å². The summed E-state index contributed by atoms with van der Waals surface area (Å²) in [6.45, 7) is 0. The molecular formula is C12H6Cl4. The number of benzene rings is 2. The van der Waals surface area contributed by atoms with E-state index in [2.05, 4.69) is 0 Å². The molecule has 0 fully saturated rings. The number of hydrogen-bond donors (Lipinski definition) is 0. The van der Waals surface area contributed by atoms with Gasteiger partial charge in [0, 0.05) is 5.56 Å². The van der Waals surface area contributed by atoms with Gasteiger partial charge in [-0.25, -0.2) is 0 Å². The van der Waals surface area contributed by atoms with Gasteiger partial charge in [-0.1, -0.05) is 64.6 Å². The summed E-state index contributed by atoms with van der Waals surface area (Å²) in [6.07, 6.45) is 0. The Hall–Kier alpha value is -0.400. The molecule has 0 atom stereocenters. The summed E-state index contributed by atoms with van der Waals surface area (Å²) in [5.74, 6) is 0. The van der Waals surface area contributed by atoms with Crippen LogP contribution in [-0.4, -0.2) is 0 Å². The molecule has 0 nitrogen and oxygen atoms in total. The standard InChI is InChI=1S/C12H6Cl4/c13-9-5-4-7(6-11(9)15)8-2-1-3-10(14)12(8)16/h1-6H. The first-order valence-corrected chi connectivity index (χ1v) is 6.00. The van der Waals surface area contributed by atoms with Crippen LogP contribution in [0.1, 0.15) is 0 Å². The molecule has 0 amide bonds. The molecule has 0 N–H and O–H groups in total. The third-order valence-corrected chi connectivity index (χ3v) is 3.74. The molecular weight excluding hydrogens is 286 g/mol. The fourth-order valence-electron chi connectivity index (χ4n) is 1.39. The first-order chi connectivity index (χ1) is 7.59. The van der Waals surface area contributed by atoms with Crippen LogP contribution in [0.2, 0.25) is 20.1 Å². The third kappa shape index (κ3) is 2.31. The van der Waals surface area contributed by atoms with Crippen LogP contribution in [0.5, 0.6) is 0 Å². The molecule has 2 rings (SSSR count). The molecule has 0 saturated carbocycles. The van der Waals surface area contributed by atoms with E-state index in [0.717, 1.165) is 11.1 Å². The van der Waals surface area contributed by atoms with E-state index < -0.39 is 0 Å². The molecule has 0 heterocycles. The van der Waals surface area contributed by atoms with Gasteiger partial charge in [0.2, 0.25) is 0 Å². The molecule has 0 aliphatic heterocycles. The van der Waals surface area contributed by atoms with Gasteiger partial charge >= 0.3 is 0 Å². The molecule has 0 radical (unpaired) electrons. The molecule has 0 saturated heterocycles. The van der Waals surface area contributed by atoms with Crippen molar-refractivity contribution < 1.29 is 0 Å². The highest BCUT2D eigenvalue weighted by Gasteiger charge is 2.08. The predicted molar refractivity (Wildman–Crippen MR) is 71.9 cm³/mol. The maximum Gasteiger partial charge on any atom is 0.0670 e. The minimum absolute atomic E-state index is 0.496. The average molecular weight is 292 g/mol. The van der Waals surface area contributed by atoms with Crippen molar-refractivity contribution in [1.82, 2.24) is 0 Å². The highest BCUT2D eigenvalue weighted by molar-refractivity contribution is 6.44. The summed E-state index contributed by atoms with van der Waals surface area (Å²) in [7, 11) is 0. The normalized spacial score (nSPS) is 10.5. The Labute approximate surface area is 114 Å². The lowest BCUT2D eigenvalue weighted by atomic mass is 10.1. The van der Waals surface area contributed by atoms with Crippen LogP contribution in [0.25, 0.3) is 11.1 Å². The molecule has 4 heteroatoms. The summed E-state index contributed by atoms with van der Waals surface area (Å²) in [4.78, 5) is 0. The maximum absolute atomic E-state index is 6.11. The lowest BCUT2D eigenvalue weighted by Crippen LogP contribution is -1.81. The van der Waals surface area contributed by atoms with Gasteiger partial charge in [-0.2, -0.15) is 0 Å². The van der Waals surface area contributed by atoms with Gasteiger partial charge in [-0.15, -0.1) is 0 Å². The van der Waals surface area contributed by atoms with Gasteiger partial charge < -0.3 is 0 Å². The van der Waals surface area contributed by atoms with Crippen molar-refractivity contribution in [2.24, 2.45) is 0 Å². The van der Waals surface area contributed by atoms with E-state index >= 15 is 0 Å². The third-order valence-electron chi connectivity index (χ3n) is 2.18. The van der Waals surface area contributed by atoms with Gasteiger partial charge in [-0.3, -0.25) is 0 Å². The minimum Gasteiger partial charge on any atom is -0.0827 e. The van der Waals surface area contributed by atoms with Crippen LogP contribution < -0.4 is 0 Å². The first kappa shape index (κ1) is 12.1. The number of hydrogen-bond acceptors (Lipinski definition) is 0. The molecule has 0 spiro atoms. The molecule has 0 bridgehead atoms. The van der Waals surface area contributed by atoms with Crippen molar-refractivity contribution in [3.63, 3.8) is 0 Å². The summed E-state index contributed by atoms with van der Waals surface area (Å²) in [5.41, 5.74) is 1.73. The second-order valence-electron chi connectivity index (χ2n) is 3.23. The fraction of sp³-hybridized carbons (Fsp3) is 0. The van der Waals surface area contributed by atoms with Crippen LogP contribution in [0.4, 0.5) is 0 Å². The zero-order valence-corrected chi connectivity index (χ0v) is 11.0. The molecule has 0 aromatic heterocycles. The topological polar surface area (TPSA) is 0 Å². The van der Waals surface area contributed by atoms with Gasteiger partial charge in [0.25, 0.3) is 0 Å². The molecule has 2 aromatic rings. The SMILES string of the molecule is Clc1ccc(-c2cccc(Cl)c2Cl)cc1Cl. The van der Waals surface area contributed by atoms with Crippen LogP contribution in [0.3, 0.4) is 0 Å². The molecule has 0 unspecified atom stereocenters. The van der Waals surface area contributed by atoms with Gasteiger partial charge in [-0.05, 0) is 23.8 Å². The Balaban J connectivity index is 2.59. The van der Waals surface area contributed by atoms with E-state index in [1.54, 1.807) is 18.2 Å². The lowest BCUT2D eigenvalue weighted by molar-refractivity contribution is 1.61. The van der Waals surface area contributed by atoms with Crippen LogP contribution in [-0.2, 0) is 0 Å². The summed E-state index contributed by atoms with van der Waals surface area (Å²) >= 11 is 23.9. The zero-order valence-electron chi connectivity index (χ0n) is 7.98. The van der Waals surface area contributed by atoms with Gasteiger partial charge in [0.05, 0.1) is 20.1 Å². The molecule has 16 heavy (non-hydrogen) atoms. The zero-order chi connectivity index (χ0) is 11.7. The lowest BCUT2D eigenvalue weighted by Gasteiger charge is -2.06. The highest BCUT2D eigenvalue weighted by Crippen LogP contribution is 2.35. The number of rotatable bonds is 1. The molecule has 2 aromatic carbocycles. The summed E-state index contributed by atoms with van der Waals surface area (Å²) in [5, 5.41) is 2.05. The molecule has 82 valence electrons. The monoisotopic (exact) mass is 290 g/mol. The van der Waals surface area contributed by atoms with Crippen LogP contribution in [0.15, 0.2) is 36.4 Å². The molecule has 0 aliphatic carbocycles. The van der Waals surface area contributed by atoms with Gasteiger partial charge in [0.1, 0.15) is 0 Å². The summed E-state index contributed by atoms with van der Waals surface area (Å²) < 4.78 is 0. The van der Waals surface area contributed by atoms with Crippen molar-refractivity contribution in [2.75, 3.05) is 0 Å². The highest BCUT2D eigenvalue weighted by atomic mass is 35.5. The van der Waals surface area contributed by atoms with Crippen LogP contribution in [0, 0.1) is 0 Å². The second-order valence-corrected chi connectivity index (χ2v) is 4.83. The van der Waals surface area contributed by atoms with E-state index in [1.165, 1.54) is 0 Å². The minimum atomic E-state index is 0.496. The van der Waals surface area contributed by atoms with E-state index in [4.69, 9.17) is 46.4 Å². The Morgan fingerprint density at radius 2 is 1.44 bits per heavy atom. The quantitative estimate of drug-likeness (QED) is 0.607. The van der Waals surface area contributed by atoms with E-state index in [0.29, 0.717) is 20.1 Å². The fourth-order valence-corrected chi connectivity index (χ4v) is 2.10. The van der Waals surface area contributed by atoms with E-state index in [1.807, 2.05) is 18.2 Å². The first-order valence-electron chi connectivity index (χ1n) is 4.49. The summed E-state index contributed by atoms with van der Waals surface area (Å²) in [6, 6.07) is 10.8. The van der Waals surface area contributed by atoms with Crippen molar-refractivity contribution in [2.45, 2.75) is 0 Å². The Bertz CT molecular complexity index is 535. The van der Waals surface area contributed by atoms with Crippen molar-refractivity contribution in [3.05, 3.63) is 56.5 Å². The maximum atomic E-state index is 6.11. The average Bonchev–Trinajstić information content (AvgIpc) is 2.26. The van der Waals surface area contributed by atoms with Crippen molar-refractivity contribution in [3.8, 4) is 11.1 Å². The van der Waals surface area contributed by atoms with E-state index in [9.17, 15) is 0 Å².